The van der Waals surface area contributed by atoms with E-state index in [2.05, 4.69) is 28.8 Å². The van der Waals surface area contributed by atoms with Crippen LogP contribution in [0.15, 0.2) is 30.4 Å². The van der Waals surface area contributed by atoms with Crippen molar-refractivity contribution in [1.29, 1.82) is 0 Å². The summed E-state index contributed by atoms with van der Waals surface area (Å²) in [5.41, 5.74) is 4.16. The van der Waals surface area contributed by atoms with Crippen LogP contribution in [0.25, 0.3) is 0 Å². The largest absolute Gasteiger partial charge is 0.350 e. The van der Waals surface area contributed by atoms with Crippen molar-refractivity contribution in [2.75, 3.05) is 6.54 Å². The van der Waals surface area contributed by atoms with Crippen LogP contribution in [0.5, 0.6) is 0 Å². The molecule has 19 heavy (non-hydrogen) atoms. The van der Waals surface area contributed by atoms with Crippen molar-refractivity contribution >= 4 is 5.91 Å². The molecule has 1 amide bonds. The summed E-state index contributed by atoms with van der Waals surface area (Å²) in [6, 6.07) is 6.47. The summed E-state index contributed by atoms with van der Waals surface area (Å²) in [5, 5.41) is 6.11. The first-order chi connectivity index (χ1) is 9.33. The SMILES string of the molecule is O=C(NCc1ccc2c(c1)CCCC2)[C@H]1C=CCN1. The van der Waals surface area contributed by atoms with E-state index in [1.54, 1.807) is 0 Å². The Labute approximate surface area is 114 Å². The third-order valence-electron chi connectivity index (χ3n) is 3.95. The summed E-state index contributed by atoms with van der Waals surface area (Å²) in [7, 11) is 0. The molecule has 0 radical (unpaired) electrons. The molecule has 2 aliphatic rings. The van der Waals surface area contributed by atoms with E-state index in [1.807, 2.05) is 12.2 Å². The van der Waals surface area contributed by atoms with Gasteiger partial charge < -0.3 is 5.32 Å². The zero-order valence-electron chi connectivity index (χ0n) is 11.1. The maximum absolute atomic E-state index is 11.9. The highest BCUT2D eigenvalue weighted by Gasteiger charge is 2.17. The molecule has 2 N–H and O–H groups in total. The van der Waals surface area contributed by atoms with E-state index in [0.29, 0.717) is 6.54 Å². The first-order valence-electron chi connectivity index (χ1n) is 7.11. The maximum Gasteiger partial charge on any atom is 0.241 e. The molecule has 0 aromatic heterocycles. The van der Waals surface area contributed by atoms with Crippen LogP contribution in [0, 0.1) is 0 Å². The fourth-order valence-electron chi connectivity index (χ4n) is 2.84. The van der Waals surface area contributed by atoms with Crippen LogP contribution in [0.1, 0.15) is 29.5 Å². The molecule has 0 saturated heterocycles. The third-order valence-corrected chi connectivity index (χ3v) is 3.95. The van der Waals surface area contributed by atoms with Crippen molar-refractivity contribution in [1.82, 2.24) is 10.6 Å². The molecule has 0 saturated carbocycles. The molecule has 1 aliphatic heterocycles. The van der Waals surface area contributed by atoms with Gasteiger partial charge in [0.1, 0.15) is 6.04 Å². The third kappa shape index (κ3) is 2.87. The van der Waals surface area contributed by atoms with Gasteiger partial charge in [0.05, 0.1) is 0 Å². The number of rotatable bonds is 3. The Morgan fingerprint density at radius 2 is 2.11 bits per heavy atom. The summed E-state index contributed by atoms with van der Waals surface area (Å²) in [6.45, 7) is 1.41. The number of carbonyl (C=O) groups excluding carboxylic acids is 1. The van der Waals surface area contributed by atoms with E-state index in [0.717, 1.165) is 6.54 Å². The van der Waals surface area contributed by atoms with Gasteiger partial charge in [-0.15, -0.1) is 0 Å². The smallest absolute Gasteiger partial charge is 0.241 e. The summed E-state index contributed by atoms with van der Waals surface area (Å²) in [5.74, 6) is 0.0615. The molecule has 0 bridgehead atoms. The lowest BCUT2D eigenvalue weighted by Gasteiger charge is -2.17. The van der Waals surface area contributed by atoms with Gasteiger partial charge in [-0.3, -0.25) is 10.1 Å². The van der Waals surface area contributed by atoms with Crippen LogP contribution in [-0.4, -0.2) is 18.5 Å². The Bertz CT molecular complexity index is 507. The predicted octanol–water partition coefficient (Wildman–Crippen LogP) is 1.71. The number of fused-ring (bicyclic) bond motifs is 1. The molecule has 3 heteroatoms. The van der Waals surface area contributed by atoms with E-state index in [1.165, 1.54) is 42.4 Å². The number of amides is 1. The minimum Gasteiger partial charge on any atom is -0.350 e. The van der Waals surface area contributed by atoms with Gasteiger partial charge in [-0.25, -0.2) is 0 Å². The van der Waals surface area contributed by atoms with Crippen LogP contribution >= 0.6 is 0 Å². The molecule has 1 aromatic rings. The monoisotopic (exact) mass is 256 g/mol. The Morgan fingerprint density at radius 1 is 1.26 bits per heavy atom. The summed E-state index contributed by atoms with van der Waals surface area (Å²) in [6.07, 6.45) is 8.90. The zero-order valence-corrected chi connectivity index (χ0v) is 11.1. The van der Waals surface area contributed by atoms with Crippen LogP contribution in [0.4, 0.5) is 0 Å². The van der Waals surface area contributed by atoms with Crippen molar-refractivity contribution < 1.29 is 4.79 Å². The molecule has 1 aliphatic carbocycles. The van der Waals surface area contributed by atoms with Crippen molar-refractivity contribution in [3.8, 4) is 0 Å². The van der Waals surface area contributed by atoms with E-state index in [9.17, 15) is 4.79 Å². The first-order valence-corrected chi connectivity index (χ1v) is 7.11. The lowest BCUT2D eigenvalue weighted by molar-refractivity contribution is -0.122. The normalized spacial score (nSPS) is 21.2. The Balaban J connectivity index is 1.60. The second-order valence-electron chi connectivity index (χ2n) is 5.34. The molecule has 0 spiro atoms. The molecular formula is C16H20N2O. The van der Waals surface area contributed by atoms with Crippen LogP contribution in [-0.2, 0) is 24.2 Å². The number of nitrogens with one attached hydrogen (secondary N) is 2. The second kappa shape index (κ2) is 5.57. The molecule has 0 fully saturated rings. The molecule has 3 nitrogen and oxygen atoms in total. The lowest BCUT2D eigenvalue weighted by Crippen LogP contribution is -2.40. The van der Waals surface area contributed by atoms with Crippen LogP contribution in [0.3, 0.4) is 0 Å². The minimum absolute atomic E-state index is 0.0615. The maximum atomic E-state index is 11.9. The topological polar surface area (TPSA) is 41.1 Å². The lowest BCUT2D eigenvalue weighted by atomic mass is 9.90. The second-order valence-corrected chi connectivity index (χ2v) is 5.34. The average molecular weight is 256 g/mol. The molecular weight excluding hydrogens is 236 g/mol. The van der Waals surface area contributed by atoms with Gasteiger partial charge in [0.15, 0.2) is 0 Å². The fourth-order valence-corrected chi connectivity index (χ4v) is 2.84. The predicted molar refractivity (Wildman–Crippen MR) is 75.9 cm³/mol. The molecule has 0 unspecified atom stereocenters. The van der Waals surface area contributed by atoms with Gasteiger partial charge in [0, 0.05) is 13.1 Å². The van der Waals surface area contributed by atoms with Gasteiger partial charge >= 0.3 is 0 Å². The van der Waals surface area contributed by atoms with Crippen molar-refractivity contribution in [2.45, 2.75) is 38.3 Å². The van der Waals surface area contributed by atoms with Gasteiger partial charge in [-0.05, 0) is 42.4 Å². The van der Waals surface area contributed by atoms with E-state index >= 15 is 0 Å². The van der Waals surface area contributed by atoms with Crippen molar-refractivity contribution in [3.05, 3.63) is 47.0 Å². The van der Waals surface area contributed by atoms with Crippen LogP contribution in [0.2, 0.25) is 0 Å². The highest BCUT2D eigenvalue weighted by atomic mass is 16.2. The highest BCUT2D eigenvalue weighted by molar-refractivity contribution is 5.84. The van der Waals surface area contributed by atoms with Gasteiger partial charge in [0.2, 0.25) is 5.91 Å². The molecule has 1 aromatic carbocycles. The number of hydrogen-bond donors (Lipinski definition) is 2. The Hall–Kier alpha value is -1.61. The van der Waals surface area contributed by atoms with E-state index < -0.39 is 0 Å². The Kier molecular flexibility index (Phi) is 3.65. The number of benzene rings is 1. The number of hydrogen-bond acceptors (Lipinski definition) is 2. The summed E-state index contributed by atoms with van der Waals surface area (Å²) in [4.78, 5) is 11.9. The van der Waals surface area contributed by atoms with Gasteiger partial charge in [0.25, 0.3) is 0 Å². The fraction of sp³-hybridized carbons (Fsp3) is 0.438. The van der Waals surface area contributed by atoms with Gasteiger partial charge in [-0.1, -0.05) is 30.4 Å². The Morgan fingerprint density at radius 3 is 2.89 bits per heavy atom. The highest BCUT2D eigenvalue weighted by Crippen LogP contribution is 2.22. The minimum atomic E-state index is -0.155. The summed E-state index contributed by atoms with van der Waals surface area (Å²) >= 11 is 0. The molecule has 3 rings (SSSR count). The molecule has 100 valence electrons. The first kappa shape index (κ1) is 12.4. The van der Waals surface area contributed by atoms with Gasteiger partial charge in [-0.2, -0.15) is 0 Å². The standard InChI is InChI=1S/C16H20N2O/c19-16(15-6-3-9-17-15)18-11-12-7-8-13-4-1-2-5-14(13)10-12/h3,6-8,10,15,17H,1-2,4-5,9,11H2,(H,18,19)/t15-/m1/s1. The molecule has 1 heterocycles. The quantitative estimate of drug-likeness (QED) is 0.808. The molecule has 1 atom stereocenters. The van der Waals surface area contributed by atoms with Crippen molar-refractivity contribution in [3.63, 3.8) is 0 Å². The zero-order chi connectivity index (χ0) is 13.1. The van der Waals surface area contributed by atoms with Crippen LogP contribution < -0.4 is 10.6 Å². The summed E-state index contributed by atoms with van der Waals surface area (Å²) < 4.78 is 0. The van der Waals surface area contributed by atoms with Crippen molar-refractivity contribution in [2.24, 2.45) is 0 Å². The van der Waals surface area contributed by atoms with E-state index in [-0.39, 0.29) is 11.9 Å². The number of aryl methyl sites for hydroxylation is 2. The number of carbonyl (C=O) groups is 1. The average Bonchev–Trinajstić information content (AvgIpc) is 2.99. The van der Waals surface area contributed by atoms with E-state index in [4.69, 9.17) is 0 Å².